The molecule has 0 spiro atoms. The fraction of sp³-hybridized carbons (Fsp3) is 0.500. The smallest absolute Gasteiger partial charge is 0.207 e. The molecule has 0 aliphatic heterocycles. The average Bonchev–Trinajstić information content (AvgIpc) is 2.29. The number of sulfonamides is 1. The molecule has 0 aromatic heterocycles. The first kappa shape index (κ1) is 16.0. The Morgan fingerprint density at radius 1 is 1.33 bits per heavy atom. The van der Waals surface area contributed by atoms with Crippen molar-refractivity contribution in [3.8, 4) is 0 Å². The molecule has 0 aliphatic rings. The Labute approximate surface area is 122 Å². The molecule has 18 heavy (non-hydrogen) atoms. The van der Waals surface area contributed by atoms with Crippen molar-refractivity contribution in [1.29, 1.82) is 0 Å². The van der Waals surface area contributed by atoms with Crippen LogP contribution in [0.15, 0.2) is 33.6 Å². The van der Waals surface area contributed by atoms with Crippen LogP contribution in [0.4, 0.5) is 0 Å². The maximum Gasteiger partial charge on any atom is 0.241 e. The van der Waals surface area contributed by atoms with E-state index in [0.29, 0.717) is 18.7 Å². The van der Waals surface area contributed by atoms with Crippen molar-refractivity contribution in [2.24, 2.45) is 0 Å². The van der Waals surface area contributed by atoms with Crippen LogP contribution in [-0.4, -0.2) is 19.8 Å². The third kappa shape index (κ3) is 4.23. The SMILES string of the molecule is CCC(C)(CCCl)NS(=O)(=O)c1ccc(Br)cc1. The Morgan fingerprint density at radius 2 is 1.89 bits per heavy atom. The molecule has 0 saturated carbocycles. The van der Waals surface area contributed by atoms with E-state index in [-0.39, 0.29) is 4.90 Å². The highest BCUT2D eigenvalue weighted by Crippen LogP contribution is 2.21. The summed E-state index contributed by atoms with van der Waals surface area (Å²) in [4.78, 5) is 0.264. The summed E-state index contributed by atoms with van der Waals surface area (Å²) in [5, 5.41) is 0. The van der Waals surface area contributed by atoms with Crippen molar-refractivity contribution < 1.29 is 8.42 Å². The summed E-state index contributed by atoms with van der Waals surface area (Å²) < 4.78 is 28.0. The number of hydrogen-bond acceptors (Lipinski definition) is 2. The van der Waals surface area contributed by atoms with Gasteiger partial charge >= 0.3 is 0 Å². The van der Waals surface area contributed by atoms with Gasteiger partial charge in [-0.05, 0) is 44.0 Å². The highest BCUT2D eigenvalue weighted by molar-refractivity contribution is 9.10. The summed E-state index contributed by atoms with van der Waals surface area (Å²) in [6, 6.07) is 6.56. The molecule has 0 fully saturated rings. The second-order valence-corrected chi connectivity index (χ2v) is 7.39. The fourth-order valence-corrected chi connectivity index (χ4v) is 3.69. The van der Waals surface area contributed by atoms with Crippen LogP contribution in [0, 0.1) is 0 Å². The van der Waals surface area contributed by atoms with Gasteiger partial charge in [-0.25, -0.2) is 13.1 Å². The molecule has 1 unspecified atom stereocenters. The first-order valence-electron chi connectivity index (χ1n) is 5.68. The first-order valence-corrected chi connectivity index (χ1v) is 8.49. The van der Waals surface area contributed by atoms with E-state index in [1.54, 1.807) is 24.3 Å². The van der Waals surface area contributed by atoms with Gasteiger partial charge in [-0.2, -0.15) is 0 Å². The van der Waals surface area contributed by atoms with Crippen molar-refractivity contribution >= 4 is 37.6 Å². The van der Waals surface area contributed by atoms with Crippen LogP contribution in [0.1, 0.15) is 26.7 Å². The standard InChI is InChI=1S/C12H17BrClNO2S/c1-3-12(2,8-9-14)15-18(16,17)11-6-4-10(13)5-7-11/h4-7,15H,3,8-9H2,1-2H3. The first-order chi connectivity index (χ1) is 8.33. The molecular formula is C12H17BrClNO2S. The molecule has 0 amide bonds. The molecule has 3 nitrogen and oxygen atoms in total. The third-order valence-corrected chi connectivity index (χ3v) is 5.30. The van der Waals surface area contributed by atoms with Gasteiger partial charge in [0.15, 0.2) is 0 Å². The van der Waals surface area contributed by atoms with E-state index in [1.165, 1.54) is 0 Å². The summed E-state index contributed by atoms with van der Waals surface area (Å²) in [5.74, 6) is 0.424. The van der Waals surface area contributed by atoms with E-state index < -0.39 is 15.6 Å². The van der Waals surface area contributed by atoms with Crippen LogP contribution in [0.25, 0.3) is 0 Å². The molecule has 102 valence electrons. The van der Waals surface area contributed by atoms with Crippen molar-refractivity contribution in [2.45, 2.75) is 37.1 Å². The van der Waals surface area contributed by atoms with Crippen LogP contribution in [-0.2, 0) is 10.0 Å². The van der Waals surface area contributed by atoms with E-state index in [9.17, 15) is 8.42 Å². The number of rotatable bonds is 6. The minimum atomic E-state index is -3.50. The van der Waals surface area contributed by atoms with E-state index >= 15 is 0 Å². The van der Waals surface area contributed by atoms with Gasteiger partial charge in [0, 0.05) is 15.9 Å². The molecule has 6 heteroatoms. The van der Waals surface area contributed by atoms with Gasteiger partial charge in [0.2, 0.25) is 10.0 Å². The van der Waals surface area contributed by atoms with E-state index in [0.717, 1.165) is 4.47 Å². The number of benzene rings is 1. The van der Waals surface area contributed by atoms with Gasteiger partial charge in [-0.3, -0.25) is 0 Å². The molecule has 1 N–H and O–H groups in total. The molecular weight excluding hydrogens is 338 g/mol. The van der Waals surface area contributed by atoms with Gasteiger partial charge in [0.1, 0.15) is 0 Å². The van der Waals surface area contributed by atoms with Crippen molar-refractivity contribution in [2.75, 3.05) is 5.88 Å². The zero-order valence-corrected chi connectivity index (χ0v) is 13.6. The van der Waals surface area contributed by atoms with Crippen LogP contribution in [0.5, 0.6) is 0 Å². The molecule has 1 rings (SSSR count). The van der Waals surface area contributed by atoms with E-state index in [4.69, 9.17) is 11.6 Å². The Balaban J connectivity index is 2.97. The monoisotopic (exact) mass is 353 g/mol. The fourth-order valence-electron chi connectivity index (χ4n) is 1.51. The lowest BCUT2D eigenvalue weighted by Crippen LogP contribution is -2.45. The van der Waals surface area contributed by atoms with Crippen molar-refractivity contribution in [3.05, 3.63) is 28.7 Å². The minimum Gasteiger partial charge on any atom is -0.207 e. The molecule has 1 aromatic carbocycles. The second kappa shape index (κ2) is 6.37. The average molecular weight is 355 g/mol. The summed E-state index contributed by atoms with van der Waals surface area (Å²) in [6.07, 6.45) is 1.29. The van der Waals surface area contributed by atoms with Gasteiger partial charge in [-0.1, -0.05) is 22.9 Å². The lowest BCUT2D eigenvalue weighted by molar-refractivity contribution is 0.390. The number of alkyl halides is 1. The normalized spacial score (nSPS) is 15.3. The molecule has 0 heterocycles. The van der Waals surface area contributed by atoms with Gasteiger partial charge in [-0.15, -0.1) is 11.6 Å². The summed E-state index contributed by atoms with van der Waals surface area (Å²) in [7, 11) is -3.50. The quantitative estimate of drug-likeness (QED) is 0.794. The van der Waals surface area contributed by atoms with Crippen molar-refractivity contribution in [1.82, 2.24) is 4.72 Å². The molecule has 1 atom stereocenters. The van der Waals surface area contributed by atoms with Crippen LogP contribution in [0.3, 0.4) is 0 Å². The lowest BCUT2D eigenvalue weighted by atomic mass is 9.97. The lowest BCUT2D eigenvalue weighted by Gasteiger charge is -2.28. The zero-order chi connectivity index (χ0) is 13.8. The third-order valence-electron chi connectivity index (χ3n) is 2.93. The van der Waals surface area contributed by atoms with Crippen molar-refractivity contribution in [3.63, 3.8) is 0 Å². The zero-order valence-electron chi connectivity index (χ0n) is 10.4. The van der Waals surface area contributed by atoms with E-state index in [2.05, 4.69) is 20.7 Å². The number of halogens is 2. The molecule has 0 radical (unpaired) electrons. The van der Waals surface area contributed by atoms with E-state index in [1.807, 2.05) is 13.8 Å². The maximum absolute atomic E-state index is 12.2. The van der Waals surface area contributed by atoms with Crippen LogP contribution < -0.4 is 4.72 Å². The van der Waals surface area contributed by atoms with Gasteiger partial charge < -0.3 is 0 Å². The second-order valence-electron chi connectivity index (χ2n) is 4.41. The minimum absolute atomic E-state index is 0.264. The maximum atomic E-state index is 12.2. The Morgan fingerprint density at radius 3 is 2.33 bits per heavy atom. The molecule has 0 saturated heterocycles. The van der Waals surface area contributed by atoms with Crippen LogP contribution >= 0.6 is 27.5 Å². The number of nitrogens with one attached hydrogen (secondary N) is 1. The Bertz CT molecular complexity index is 489. The Hall–Kier alpha value is -0.100. The predicted molar refractivity (Wildman–Crippen MR) is 78.5 cm³/mol. The highest BCUT2D eigenvalue weighted by Gasteiger charge is 2.28. The predicted octanol–water partition coefficient (Wildman–Crippen LogP) is 3.53. The molecule has 1 aromatic rings. The Kier molecular flexibility index (Phi) is 5.65. The molecule has 0 aliphatic carbocycles. The van der Waals surface area contributed by atoms with Gasteiger partial charge in [0.25, 0.3) is 0 Å². The topological polar surface area (TPSA) is 46.2 Å². The van der Waals surface area contributed by atoms with Crippen LogP contribution in [0.2, 0.25) is 0 Å². The summed E-state index contributed by atoms with van der Waals surface area (Å²) >= 11 is 9.00. The number of hydrogen-bond donors (Lipinski definition) is 1. The summed E-state index contributed by atoms with van der Waals surface area (Å²) in [5.41, 5.74) is -0.506. The molecule has 0 bridgehead atoms. The highest BCUT2D eigenvalue weighted by atomic mass is 79.9. The largest absolute Gasteiger partial charge is 0.241 e. The summed E-state index contributed by atoms with van der Waals surface area (Å²) in [6.45, 7) is 3.81. The van der Waals surface area contributed by atoms with Gasteiger partial charge in [0.05, 0.1) is 4.90 Å².